The predicted octanol–water partition coefficient (Wildman–Crippen LogP) is 5.83. The van der Waals surface area contributed by atoms with Crippen LogP contribution in [-0.4, -0.2) is 66.1 Å². The van der Waals surface area contributed by atoms with E-state index in [0.717, 1.165) is 11.1 Å². The van der Waals surface area contributed by atoms with Gasteiger partial charge in [0.2, 0.25) is 0 Å². The van der Waals surface area contributed by atoms with E-state index < -0.39 is 11.7 Å². The number of carbonyl (C=O) groups excluding carboxylic acids is 1. The molecule has 6 nitrogen and oxygen atoms in total. The van der Waals surface area contributed by atoms with E-state index in [4.69, 9.17) is 9.72 Å². The van der Waals surface area contributed by atoms with Gasteiger partial charge in [-0.05, 0) is 47.9 Å². The summed E-state index contributed by atoms with van der Waals surface area (Å²) in [6.07, 6.45) is -2.86. The monoisotopic (exact) mass is 534 g/mol. The van der Waals surface area contributed by atoms with Crippen LogP contribution >= 0.6 is 0 Å². The van der Waals surface area contributed by atoms with Crippen molar-refractivity contribution in [3.05, 3.63) is 83.0 Å². The van der Waals surface area contributed by atoms with Gasteiger partial charge in [0.15, 0.2) is 0 Å². The van der Waals surface area contributed by atoms with E-state index >= 15 is 0 Å². The van der Waals surface area contributed by atoms with Gasteiger partial charge in [0, 0.05) is 50.4 Å². The second-order valence-corrected chi connectivity index (χ2v) is 9.92. The van der Waals surface area contributed by atoms with Gasteiger partial charge in [0.05, 0.1) is 41.7 Å². The number of carbonyl (C=O) groups is 1. The Bertz CT molecular complexity index is 1530. The van der Waals surface area contributed by atoms with Crippen molar-refractivity contribution in [2.75, 3.05) is 40.4 Å². The summed E-state index contributed by atoms with van der Waals surface area (Å²) in [5.74, 6) is -0.0940. The molecule has 4 aromatic rings. The topological polar surface area (TPSA) is 58.6 Å². The Balaban J connectivity index is 1.55. The first-order chi connectivity index (χ1) is 18.6. The van der Waals surface area contributed by atoms with Crippen LogP contribution in [0.15, 0.2) is 60.8 Å². The van der Waals surface area contributed by atoms with Gasteiger partial charge in [-0.1, -0.05) is 30.3 Å². The number of amides is 1. The number of benzene rings is 3. The number of nitrogens with zero attached hydrogens (tertiary/aromatic N) is 4. The predicted molar refractivity (Wildman–Crippen MR) is 144 cm³/mol. The van der Waals surface area contributed by atoms with Crippen molar-refractivity contribution >= 4 is 16.9 Å². The maximum Gasteiger partial charge on any atom is 0.416 e. The van der Waals surface area contributed by atoms with E-state index in [9.17, 15) is 18.0 Å². The molecule has 2 heterocycles. The molecule has 1 saturated heterocycles. The number of rotatable bonds is 5. The number of ether oxygens (including phenoxy) is 1. The highest BCUT2D eigenvalue weighted by molar-refractivity contribution is 5.96. The molecule has 39 heavy (non-hydrogen) atoms. The molecule has 5 rings (SSSR count). The van der Waals surface area contributed by atoms with Crippen molar-refractivity contribution in [1.29, 1.82) is 0 Å². The molecule has 1 aromatic heterocycles. The normalized spacial score (nSPS) is 14.5. The van der Waals surface area contributed by atoms with E-state index in [0.29, 0.717) is 59.7 Å². The molecule has 202 valence electrons. The number of hydrogen-bond acceptors (Lipinski definition) is 5. The molecule has 0 spiro atoms. The highest BCUT2D eigenvalue weighted by Gasteiger charge is 2.34. The quantitative estimate of drug-likeness (QED) is 0.323. The van der Waals surface area contributed by atoms with E-state index in [1.165, 1.54) is 11.0 Å². The van der Waals surface area contributed by atoms with Crippen LogP contribution in [0, 0.1) is 6.92 Å². The molecule has 0 radical (unpaired) electrons. The molecule has 0 aliphatic carbocycles. The van der Waals surface area contributed by atoms with E-state index in [1.54, 1.807) is 56.7 Å². The minimum absolute atomic E-state index is 0.0940. The van der Waals surface area contributed by atoms with E-state index in [-0.39, 0.29) is 18.0 Å². The zero-order valence-corrected chi connectivity index (χ0v) is 22.0. The molecule has 0 saturated carbocycles. The van der Waals surface area contributed by atoms with Gasteiger partial charge >= 0.3 is 6.18 Å². The third-order valence-electron chi connectivity index (χ3n) is 6.96. The molecule has 9 heteroatoms. The zero-order chi connectivity index (χ0) is 27.7. The van der Waals surface area contributed by atoms with Crippen molar-refractivity contribution in [2.24, 2.45) is 0 Å². The lowest BCUT2D eigenvalue weighted by Crippen LogP contribution is -2.36. The number of alkyl halides is 3. The second-order valence-electron chi connectivity index (χ2n) is 9.92. The number of hydrogen-bond donors (Lipinski definition) is 0. The Morgan fingerprint density at radius 1 is 1.03 bits per heavy atom. The fourth-order valence-electron chi connectivity index (χ4n) is 4.85. The molecule has 3 aromatic carbocycles. The molecule has 1 fully saturated rings. The van der Waals surface area contributed by atoms with Crippen molar-refractivity contribution in [2.45, 2.75) is 19.6 Å². The number of aryl methyl sites for hydroxylation is 1. The lowest BCUT2D eigenvalue weighted by Gasteiger charge is -2.28. The summed E-state index contributed by atoms with van der Waals surface area (Å²) >= 11 is 0. The van der Waals surface area contributed by atoms with Crippen LogP contribution in [0.3, 0.4) is 0 Å². The fraction of sp³-hybridized carbons (Fsp3) is 0.300. The minimum Gasteiger partial charge on any atom is -0.379 e. The van der Waals surface area contributed by atoms with Crippen molar-refractivity contribution in [3.63, 3.8) is 0 Å². The molecule has 0 unspecified atom stereocenters. The smallest absolute Gasteiger partial charge is 0.379 e. The molecular weight excluding hydrogens is 505 g/mol. The standard InChI is InChI=1S/C30H29F3N4O2/c1-19-15-21(9-10-23(19)29(38)36(2)3)27-17-34-26-6-4-5-24(28(26)35-27)20-7-8-22(25(16-20)30(31,32)33)18-37-11-13-39-14-12-37/h4-10,15-17H,11-14,18H2,1-3H3. The lowest BCUT2D eigenvalue weighted by molar-refractivity contribution is -0.138. The Morgan fingerprint density at radius 2 is 1.77 bits per heavy atom. The van der Waals surface area contributed by atoms with Crippen LogP contribution in [0.1, 0.15) is 27.0 Å². The molecule has 1 amide bonds. The first kappa shape index (κ1) is 26.8. The Hall–Kier alpha value is -3.82. The summed E-state index contributed by atoms with van der Waals surface area (Å²) < 4.78 is 47.9. The summed E-state index contributed by atoms with van der Waals surface area (Å²) in [4.78, 5) is 25.3. The van der Waals surface area contributed by atoms with Crippen LogP contribution in [-0.2, 0) is 17.5 Å². The number of para-hydroxylation sites is 1. The Labute approximate surface area is 225 Å². The van der Waals surface area contributed by atoms with E-state index in [2.05, 4.69) is 4.98 Å². The summed E-state index contributed by atoms with van der Waals surface area (Å²) in [5, 5.41) is 0. The highest BCUT2D eigenvalue weighted by atomic mass is 19.4. The average molecular weight is 535 g/mol. The number of halogens is 3. The van der Waals surface area contributed by atoms with Gasteiger partial charge in [-0.15, -0.1) is 0 Å². The third-order valence-corrected chi connectivity index (χ3v) is 6.96. The fourth-order valence-corrected chi connectivity index (χ4v) is 4.85. The number of fused-ring (bicyclic) bond motifs is 1. The maximum absolute atomic E-state index is 14.2. The molecule has 0 atom stereocenters. The summed E-state index contributed by atoms with van der Waals surface area (Å²) in [7, 11) is 3.40. The highest BCUT2D eigenvalue weighted by Crippen LogP contribution is 2.37. The lowest BCUT2D eigenvalue weighted by atomic mass is 9.97. The van der Waals surface area contributed by atoms with Crippen molar-refractivity contribution < 1.29 is 22.7 Å². The SMILES string of the molecule is Cc1cc(-c2cnc3cccc(-c4ccc(CN5CCOCC5)c(C(F)(F)F)c4)c3n2)ccc1C(=O)N(C)C. The number of aromatic nitrogens is 2. The summed E-state index contributed by atoms with van der Waals surface area (Å²) in [5.41, 5.74) is 4.41. The Kier molecular flexibility index (Phi) is 7.38. The van der Waals surface area contributed by atoms with E-state index in [1.807, 2.05) is 24.0 Å². The zero-order valence-electron chi connectivity index (χ0n) is 22.0. The van der Waals surface area contributed by atoms with Gasteiger partial charge in [-0.25, -0.2) is 4.98 Å². The molecule has 0 N–H and O–H groups in total. The summed E-state index contributed by atoms with van der Waals surface area (Å²) in [6, 6.07) is 15.3. The third kappa shape index (κ3) is 5.65. The maximum atomic E-state index is 14.2. The van der Waals surface area contributed by atoms with Gasteiger partial charge in [0.1, 0.15) is 0 Å². The number of morpholine rings is 1. The van der Waals surface area contributed by atoms with Crippen LogP contribution in [0.2, 0.25) is 0 Å². The first-order valence-corrected chi connectivity index (χ1v) is 12.7. The second kappa shape index (κ2) is 10.7. The first-order valence-electron chi connectivity index (χ1n) is 12.7. The van der Waals surface area contributed by atoms with Gasteiger partial charge in [0.25, 0.3) is 5.91 Å². The molecule has 1 aliphatic rings. The van der Waals surface area contributed by atoms with Crippen LogP contribution < -0.4 is 0 Å². The average Bonchev–Trinajstić information content (AvgIpc) is 2.92. The van der Waals surface area contributed by atoms with Gasteiger partial charge in [-0.3, -0.25) is 14.7 Å². The van der Waals surface area contributed by atoms with Crippen LogP contribution in [0.25, 0.3) is 33.4 Å². The van der Waals surface area contributed by atoms with Crippen LogP contribution in [0.4, 0.5) is 13.2 Å². The summed E-state index contributed by atoms with van der Waals surface area (Å²) in [6.45, 7) is 4.31. The van der Waals surface area contributed by atoms with Crippen molar-refractivity contribution in [1.82, 2.24) is 19.8 Å². The minimum atomic E-state index is -4.50. The Morgan fingerprint density at radius 3 is 2.46 bits per heavy atom. The molecule has 1 aliphatic heterocycles. The van der Waals surface area contributed by atoms with Gasteiger partial charge < -0.3 is 9.64 Å². The molecule has 0 bridgehead atoms. The molecular formula is C30H29F3N4O2. The largest absolute Gasteiger partial charge is 0.416 e. The van der Waals surface area contributed by atoms with Gasteiger partial charge in [-0.2, -0.15) is 13.2 Å². The van der Waals surface area contributed by atoms with Crippen molar-refractivity contribution in [3.8, 4) is 22.4 Å². The van der Waals surface area contributed by atoms with Crippen LogP contribution in [0.5, 0.6) is 0 Å².